The Morgan fingerprint density at radius 2 is 1.74 bits per heavy atom. The monoisotopic (exact) mass is 268 g/mol. The fourth-order valence-corrected chi connectivity index (χ4v) is 3.10. The maximum Gasteiger partial charge on any atom is 0.306 e. The molecule has 3 N–H and O–H groups in total. The van der Waals surface area contributed by atoms with Crippen molar-refractivity contribution in [2.75, 3.05) is 13.1 Å². The molecule has 2 fully saturated rings. The van der Waals surface area contributed by atoms with E-state index in [0.717, 1.165) is 12.8 Å². The van der Waals surface area contributed by atoms with Gasteiger partial charge in [-0.2, -0.15) is 0 Å². The van der Waals surface area contributed by atoms with Crippen molar-refractivity contribution in [3.63, 3.8) is 0 Å². The van der Waals surface area contributed by atoms with Crippen LogP contribution in [0.3, 0.4) is 0 Å². The Morgan fingerprint density at radius 3 is 2.32 bits per heavy atom. The Labute approximate surface area is 111 Å². The number of primary amides is 1. The van der Waals surface area contributed by atoms with E-state index in [1.807, 2.05) is 0 Å². The van der Waals surface area contributed by atoms with E-state index in [4.69, 9.17) is 10.8 Å². The van der Waals surface area contributed by atoms with Crippen LogP contribution in [-0.2, 0) is 14.4 Å². The zero-order chi connectivity index (χ0) is 14.0. The first-order valence-corrected chi connectivity index (χ1v) is 6.80. The summed E-state index contributed by atoms with van der Waals surface area (Å²) in [6.07, 6.45) is 3.15. The smallest absolute Gasteiger partial charge is 0.306 e. The van der Waals surface area contributed by atoms with Gasteiger partial charge >= 0.3 is 5.97 Å². The van der Waals surface area contributed by atoms with Crippen molar-refractivity contribution >= 4 is 17.8 Å². The average Bonchev–Trinajstić information content (AvgIpc) is 2.87. The first kappa shape index (κ1) is 13.8. The molecule has 0 radical (unpaired) electrons. The van der Waals surface area contributed by atoms with Crippen LogP contribution < -0.4 is 5.73 Å². The lowest BCUT2D eigenvalue weighted by Gasteiger charge is -2.33. The summed E-state index contributed by atoms with van der Waals surface area (Å²) in [6.45, 7) is 1.04. The minimum atomic E-state index is -0.816. The number of carbonyl (C=O) groups excluding carboxylic acids is 2. The van der Waals surface area contributed by atoms with Gasteiger partial charge in [0.2, 0.25) is 11.8 Å². The molecule has 1 saturated heterocycles. The quantitative estimate of drug-likeness (QED) is 0.764. The third-order valence-corrected chi connectivity index (χ3v) is 4.27. The number of carbonyl (C=O) groups is 3. The van der Waals surface area contributed by atoms with Gasteiger partial charge in [0.05, 0.1) is 11.8 Å². The van der Waals surface area contributed by atoms with Crippen molar-refractivity contribution < 1.29 is 19.5 Å². The Balaban J connectivity index is 1.93. The molecule has 1 heterocycles. The van der Waals surface area contributed by atoms with Crippen molar-refractivity contribution in [2.24, 2.45) is 23.5 Å². The van der Waals surface area contributed by atoms with Gasteiger partial charge < -0.3 is 15.7 Å². The summed E-state index contributed by atoms with van der Waals surface area (Å²) in [5.41, 5.74) is 5.29. The van der Waals surface area contributed by atoms with Gasteiger partial charge in [0.15, 0.2) is 0 Å². The van der Waals surface area contributed by atoms with Crippen LogP contribution in [0.25, 0.3) is 0 Å². The van der Waals surface area contributed by atoms with Crippen molar-refractivity contribution in [3.8, 4) is 0 Å². The molecule has 0 bridgehead atoms. The predicted molar refractivity (Wildman–Crippen MR) is 67.0 cm³/mol. The summed E-state index contributed by atoms with van der Waals surface area (Å²) in [4.78, 5) is 36.1. The number of piperidine rings is 1. The average molecular weight is 268 g/mol. The number of rotatable bonds is 3. The largest absolute Gasteiger partial charge is 0.481 e. The molecule has 19 heavy (non-hydrogen) atoms. The van der Waals surface area contributed by atoms with Crippen LogP contribution in [0.4, 0.5) is 0 Å². The normalized spacial score (nSPS) is 31.2. The highest BCUT2D eigenvalue weighted by Gasteiger charge is 2.37. The fourth-order valence-electron chi connectivity index (χ4n) is 3.10. The SMILES string of the molecule is NC(=O)C1CCCN(C(=O)C2CCC(C(=O)O)C2)C1. The predicted octanol–water partition coefficient (Wildman–Crippen LogP) is 0.211. The lowest BCUT2D eigenvalue weighted by molar-refractivity contribution is -0.142. The van der Waals surface area contributed by atoms with Crippen LogP contribution in [-0.4, -0.2) is 40.9 Å². The first-order chi connectivity index (χ1) is 8.99. The van der Waals surface area contributed by atoms with E-state index in [1.54, 1.807) is 4.90 Å². The molecule has 0 aromatic heterocycles. The highest BCUT2D eigenvalue weighted by Crippen LogP contribution is 2.33. The molecule has 2 rings (SSSR count). The van der Waals surface area contributed by atoms with Gasteiger partial charge in [-0.25, -0.2) is 0 Å². The number of likely N-dealkylation sites (tertiary alicyclic amines) is 1. The summed E-state index contributed by atoms with van der Waals surface area (Å²) in [5.74, 6) is -2.03. The number of aliphatic carboxylic acids is 1. The molecule has 1 saturated carbocycles. The van der Waals surface area contributed by atoms with Crippen LogP contribution in [0.2, 0.25) is 0 Å². The lowest BCUT2D eigenvalue weighted by Crippen LogP contribution is -2.46. The lowest BCUT2D eigenvalue weighted by atomic mass is 9.95. The van der Waals surface area contributed by atoms with E-state index in [2.05, 4.69) is 0 Å². The molecule has 2 amide bonds. The van der Waals surface area contributed by atoms with Crippen molar-refractivity contribution in [2.45, 2.75) is 32.1 Å². The molecule has 0 spiro atoms. The molecule has 1 aliphatic carbocycles. The number of nitrogens with zero attached hydrogens (tertiary/aromatic N) is 1. The molecule has 6 heteroatoms. The summed E-state index contributed by atoms with van der Waals surface area (Å²) in [6, 6.07) is 0. The van der Waals surface area contributed by atoms with E-state index in [9.17, 15) is 14.4 Å². The second-order valence-corrected chi connectivity index (χ2v) is 5.57. The number of amides is 2. The summed E-state index contributed by atoms with van der Waals surface area (Å²) >= 11 is 0. The summed E-state index contributed by atoms with van der Waals surface area (Å²) < 4.78 is 0. The van der Waals surface area contributed by atoms with E-state index in [0.29, 0.717) is 32.4 Å². The number of carboxylic acid groups (broad SMARTS) is 1. The zero-order valence-corrected chi connectivity index (χ0v) is 10.9. The highest BCUT2D eigenvalue weighted by atomic mass is 16.4. The fraction of sp³-hybridized carbons (Fsp3) is 0.769. The number of hydrogen-bond acceptors (Lipinski definition) is 3. The van der Waals surface area contributed by atoms with Gasteiger partial charge in [-0.1, -0.05) is 0 Å². The van der Waals surface area contributed by atoms with Gasteiger partial charge in [-0.3, -0.25) is 14.4 Å². The number of nitrogens with two attached hydrogens (primary N) is 1. The highest BCUT2D eigenvalue weighted by molar-refractivity contribution is 5.82. The number of hydrogen-bond donors (Lipinski definition) is 2. The maximum absolute atomic E-state index is 12.3. The van der Waals surface area contributed by atoms with Crippen molar-refractivity contribution in [1.82, 2.24) is 4.90 Å². The Hall–Kier alpha value is -1.59. The third-order valence-electron chi connectivity index (χ3n) is 4.27. The molecule has 6 nitrogen and oxygen atoms in total. The van der Waals surface area contributed by atoms with E-state index in [-0.39, 0.29) is 23.7 Å². The Kier molecular flexibility index (Phi) is 4.07. The van der Waals surface area contributed by atoms with Gasteiger partial charge in [0.25, 0.3) is 0 Å². The van der Waals surface area contributed by atoms with Gasteiger partial charge in [-0.15, -0.1) is 0 Å². The van der Waals surface area contributed by atoms with Crippen molar-refractivity contribution in [3.05, 3.63) is 0 Å². The van der Waals surface area contributed by atoms with Crippen LogP contribution in [0.1, 0.15) is 32.1 Å². The van der Waals surface area contributed by atoms with Gasteiger partial charge in [0, 0.05) is 19.0 Å². The molecule has 3 atom stereocenters. The zero-order valence-electron chi connectivity index (χ0n) is 10.9. The molecule has 0 aromatic rings. The molecule has 106 valence electrons. The second kappa shape index (κ2) is 5.59. The van der Waals surface area contributed by atoms with E-state index < -0.39 is 11.9 Å². The molecular weight excluding hydrogens is 248 g/mol. The minimum absolute atomic E-state index is 0.00491. The standard InChI is InChI=1S/C13H20N2O4/c14-11(16)10-2-1-5-15(7-10)12(17)8-3-4-9(6-8)13(18)19/h8-10H,1-7H2,(H2,14,16)(H,18,19). The Morgan fingerprint density at radius 1 is 1.05 bits per heavy atom. The Bertz CT molecular complexity index is 396. The van der Waals surface area contributed by atoms with Crippen LogP contribution in [0.15, 0.2) is 0 Å². The van der Waals surface area contributed by atoms with Crippen LogP contribution in [0, 0.1) is 17.8 Å². The van der Waals surface area contributed by atoms with Gasteiger partial charge in [-0.05, 0) is 32.1 Å². The molecule has 0 aromatic carbocycles. The topological polar surface area (TPSA) is 101 Å². The third kappa shape index (κ3) is 3.05. The van der Waals surface area contributed by atoms with E-state index >= 15 is 0 Å². The maximum atomic E-state index is 12.3. The van der Waals surface area contributed by atoms with Gasteiger partial charge in [0.1, 0.15) is 0 Å². The summed E-state index contributed by atoms with van der Waals surface area (Å²) in [5, 5.41) is 8.95. The van der Waals surface area contributed by atoms with Crippen LogP contribution in [0.5, 0.6) is 0 Å². The molecule has 3 unspecified atom stereocenters. The summed E-state index contributed by atoms with van der Waals surface area (Å²) in [7, 11) is 0. The van der Waals surface area contributed by atoms with E-state index in [1.165, 1.54) is 0 Å². The molecule has 2 aliphatic rings. The van der Waals surface area contributed by atoms with Crippen molar-refractivity contribution in [1.29, 1.82) is 0 Å². The molecular formula is C13H20N2O4. The van der Waals surface area contributed by atoms with Crippen LogP contribution >= 0.6 is 0 Å². The number of carboxylic acids is 1. The minimum Gasteiger partial charge on any atom is -0.481 e. The molecule has 1 aliphatic heterocycles. The second-order valence-electron chi connectivity index (χ2n) is 5.57. The first-order valence-electron chi connectivity index (χ1n) is 6.80.